The molecule has 0 unspecified atom stereocenters. The number of sulfone groups is 1. The third-order valence-electron chi connectivity index (χ3n) is 3.67. The van der Waals surface area contributed by atoms with Gasteiger partial charge in [0.1, 0.15) is 0 Å². The number of amides is 2. The van der Waals surface area contributed by atoms with E-state index in [1.165, 1.54) is 19.3 Å². The number of urea groups is 1. The van der Waals surface area contributed by atoms with E-state index in [1.54, 1.807) is 18.0 Å². The number of carbonyl (C=O) groups excluding carboxylic acids is 1. The Kier molecular flexibility index (Phi) is 3.94. The second-order valence-electron chi connectivity index (χ2n) is 5.12. The summed E-state index contributed by atoms with van der Waals surface area (Å²) in [5.74, 6) is -0.00694. The summed E-state index contributed by atoms with van der Waals surface area (Å²) in [6.07, 6.45) is 7.25. The van der Waals surface area contributed by atoms with Gasteiger partial charge in [-0.3, -0.25) is 0 Å². The Bertz CT molecular complexity index is 450. The van der Waals surface area contributed by atoms with Gasteiger partial charge >= 0.3 is 6.03 Å². The summed E-state index contributed by atoms with van der Waals surface area (Å²) in [6.45, 7) is 0. The van der Waals surface area contributed by atoms with Crippen molar-refractivity contribution in [2.24, 2.45) is 0 Å². The van der Waals surface area contributed by atoms with Gasteiger partial charge in [-0.2, -0.15) is 0 Å². The minimum Gasteiger partial charge on any atom is -0.325 e. The summed E-state index contributed by atoms with van der Waals surface area (Å²) in [6, 6.07) is 0.0996. The molecular weight excluding hydrogens is 252 g/mol. The molecular formula is C12H20N2O3S. The quantitative estimate of drug-likeness (QED) is 0.823. The number of rotatable bonds is 2. The first-order valence-electron chi connectivity index (χ1n) is 6.41. The molecule has 18 heavy (non-hydrogen) atoms. The maximum atomic E-state index is 12.0. The zero-order chi connectivity index (χ0) is 13.2. The van der Waals surface area contributed by atoms with Crippen LogP contribution in [-0.4, -0.2) is 43.9 Å². The summed E-state index contributed by atoms with van der Waals surface area (Å²) < 4.78 is 22.6. The van der Waals surface area contributed by atoms with Gasteiger partial charge in [0.2, 0.25) is 0 Å². The second-order valence-corrected chi connectivity index (χ2v) is 7.23. The van der Waals surface area contributed by atoms with Crippen LogP contribution in [0.15, 0.2) is 11.8 Å². The van der Waals surface area contributed by atoms with Crippen molar-refractivity contribution in [3.8, 4) is 0 Å². The molecule has 1 heterocycles. The predicted octanol–water partition coefficient (Wildman–Crippen LogP) is 1.27. The number of nitrogens with zero attached hydrogens (tertiary/aromatic N) is 1. The Morgan fingerprint density at radius 2 is 2.00 bits per heavy atom. The van der Waals surface area contributed by atoms with Crippen molar-refractivity contribution in [2.75, 3.05) is 18.6 Å². The van der Waals surface area contributed by atoms with E-state index >= 15 is 0 Å². The van der Waals surface area contributed by atoms with E-state index in [9.17, 15) is 13.2 Å². The zero-order valence-corrected chi connectivity index (χ0v) is 11.5. The van der Waals surface area contributed by atoms with Crippen LogP contribution in [-0.2, 0) is 9.84 Å². The van der Waals surface area contributed by atoms with Crippen LogP contribution in [0.1, 0.15) is 32.1 Å². The smallest absolute Gasteiger partial charge is 0.321 e. The van der Waals surface area contributed by atoms with Crippen LogP contribution >= 0.6 is 0 Å². The zero-order valence-electron chi connectivity index (χ0n) is 10.7. The molecule has 102 valence electrons. The minimum atomic E-state index is -3.02. The van der Waals surface area contributed by atoms with E-state index in [-0.39, 0.29) is 23.6 Å². The Hall–Kier alpha value is -1.04. The summed E-state index contributed by atoms with van der Waals surface area (Å²) in [5, 5.41) is 2.70. The number of nitrogens with one attached hydrogen (secondary N) is 1. The van der Waals surface area contributed by atoms with E-state index in [2.05, 4.69) is 5.32 Å². The van der Waals surface area contributed by atoms with Gasteiger partial charge in [0.05, 0.1) is 11.5 Å². The van der Waals surface area contributed by atoms with Gasteiger partial charge in [-0.05, 0) is 18.9 Å². The highest BCUT2D eigenvalue weighted by molar-refractivity contribution is 7.92. The number of hydrogen-bond donors (Lipinski definition) is 1. The molecule has 2 rings (SSSR count). The fourth-order valence-corrected chi connectivity index (χ4v) is 3.77. The van der Waals surface area contributed by atoms with Crippen LogP contribution in [0, 0.1) is 0 Å². The summed E-state index contributed by atoms with van der Waals surface area (Å²) in [4.78, 5) is 13.7. The van der Waals surface area contributed by atoms with Gasteiger partial charge in [-0.1, -0.05) is 19.3 Å². The lowest BCUT2D eigenvalue weighted by Gasteiger charge is -2.31. The third-order valence-corrected chi connectivity index (χ3v) is 5.09. The van der Waals surface area contributed by atoms with Crippen molar-refractivity contribution >= 4 is 15.9 Å². The molecule has 0 atom stereocenters. The third kappa shape index (κ3) is 3.25. The van der Waals surface area contributed by atoms with Crippen molar-refractivity contribution in [1.29, 1.82) is 0 Å². The standard InChI is InChI=1S/C12H20N2O3S/c1-14(11-5-3-2-4-6-11)12(15)13-10-7-8-18(16,17)9-10/h7,11H,2-6,8-9H2,1H3,(H,13,15). The maximum Gasteiger partial charge on any atom is 0.321 e. The minimum absolute atomic E-state index is 0.0375. The molecule has 0 bridgehead atoms. The van der Waals surface area contributed by atoms with Gasteiger partial charge in [0.25, 0.3) is 0 Å². The van der Waals surface area contributed by atoms with Gasteiger partial charge in [0.15, 0.2) is 9.84 Å². The van der Waals surface area contributed by atoms with Gasteiger partial charge in [-0.25, -0.2) is 13.2 Å². The van der Waals surface area contributed by atoms with E-state index < -0.39 is 9.84 Å². The largest absolute Gasteiger partial charge is 0.325 e. The normalized spacial score (nSPS) is 23.5. The molecule has 2 amide bonds. The van der Waals surface area contributed by atoms with Gasteiger partial charge in [-0.15, -0.1) is 0 Å². The first kappa shape index (κ1) is 13.4. The first-order valence-corrected chi connectivity index (χ1v) is 8.23. The molecule has 1 aliphatic carbocycles. The molecule has 1 N–H and O–H groups in total. The molecule has 1 saturated carbocycles. The van der Waals surface area contributed by atoms with E-state index in [1.807, 2.05) is 0 Å². The molecule has 6 heteroatoms. The van der Waals surface area contributed by atoms with Crippen molar-refractivity contribution in [3.05, 3.63) is 11.8 Å². The van der Waals surface area contributed by atoms with Gasteiger partial charge < -0.3 is 10.2 Å². The van der Waals surface area contributed by atoms with E-state index in [4.69, 9.17) is 0 Å². The molecule has 0 aromatic heterocycles. The van der Waals surface area contributed by atoms with E-state index in [0.717, 1.165) is 12.8 Å². The van der Waals surface area contributed by atoms with Crippen molar-refractivity contribution < 1.29 is 13.2 Å². The molecule has 0 saturated heterocycles. The summed E-state index contributed by atoms with van der Waals surface area (Å²) in [7, 11) is -1.23. The molecule has 2 aliphatic rings. The van der Waals surface area contributed by atoms with Crippen LogP contribution in [0.3, 0.4) is 0 Å². The Balaban J connectivity index is 1.88. The van der Waals surface area contributed by atoms with Crippen LogP contribution in [0.25, 0.3) is 0 Å². The van der Waals surface area contributed by atoms with Crippen molar-refractivity contribution in [3.63, 3.8) is 0 Å². The van der Waals surface area contributed by atoms with Crippen molar-refractivity contribution in [1.82, 2.24) is 10.2 Å². The highest BCUT2D eigenvalue weighted by atomic mass is 32.2. The summed E-state index contributed by atoms with van der Waals surface area (Å²) in [5.41, 5.74) is 0.516. The lowest BCUT2D eigenvalue weighted by molar-refractivity contribution is 0.176. The highest BCUT2D eigenvalue weighted by Crippen LogP contribution is 2.21. The average Bonchev–Trinajstić information content (AvgIpc) is 2.68. The van der Waals surface area contributed by atoms with Gasteiger partial charge in [0, 0.05) is 18.8 Å². The van der Waals surface area contributed by atoms with Crippen LogP contribution in [0.4, 0.5) is 4.79 Å². The van der Waals surface area contributed by atoms with Crippen LogP contribution in [0.5, 0.6) is 0 Å². The molecule has 0 spiro atoms. The number of carbonyl (C=O) groups is 1. The lowest BCUT2D eigenvalue weighted by atomic mass is 9.95. The SMILES string of the molecule is CN(C(=O)NC1=CCS(=O)(=O)C1)C1CCCCC1. The van der Waals surface area contributed by atoms with Crippen LogP contribution in [0.2, 0.25) is 0 Å². The Morgan fingerprint density at radius 1 is 1.33 bits per heavy atom. The monoisotopic (exact) mass is 272 g/mol. The highest BCUT2D eigenvalue weighted by Gasteiger charge is 2.25. The fraction of sp³-hybridized carbons (Fsp3) is 0.750. The predicted molar refractivity (Wildman–Crippen MR) is 69.9 cm³/mol. The average molecular weight is 272 g/mol. The second kappa shape index (κ2) is 5.30. The molecule has 1 fully saturated rings. The number of hydrogen-bond acceptors (Lipinski definition) is 3. The molecule has 0 aromatic rings. The molecule has 0 radical (unpaired) electrons. The Morgan fingerprint density at radius 3 is 2.56 bits per heavy atom. The lowest BCUT2D eigenvalue weighted by Crippen LogP contribution is -2.44. The van der Waals surface area contributed by atoms with E-state index in [0.29, 0.717) is 5.70 Å². The molecule has 1 aliphatic heterocycles. The van der Waals surface area contributed by atoms with Crippen molar-refractivity contribution in [2.45, 2.75) is 38.1 Å². The fourth-order valence-electron chi connectivity index (χ4n) is 2.53. The maximum absolute atomic E-state index is 12.0. The molecule has 0 aromatic carbocycles. The first-order chi connectivity index (χ1) is 8.48. The topological polar surface area (TPSA) is 66.5 Å². The Labute approximate surface area is 108 Å². The molecule has 5 nitrogen and oxygen atoms in total. The summed E-state index contributed by atoms with van der Waals surface area (Å²) >= 11 is 0. The van der Waals surface area contributed by atoms with Crippen LogP contribution < -0.4 is 5.32 Å².